The van der Waals surface area contributed by atoms with Gasteiger partial charge in [-0.1, -0.05) is 6.92 Å². The summed E-state index contributed by atoms with van der Waals surface area (Å²) in [6.45, 7) is 4.30. The summed E-state index contributed by atoms with van der Waals surface area (Å²) in [5.41, 5.74) is 7.01. The molecule has 1 atom stereocenters. The van der Waals surface area contributed by atoms with Crippen molar-refractivity contribution in [1.29, 1.82) is 0 Å². The molecule has 3 nitrogen and oxygen atoms in total. The van der Waals surface area contributed by atoms with Crippen LogP contribution in [0.3, 0.4) is 0 Å². The van der Waals surface area contributed by atoms with E-state index >= 15 is 0 Å². The van der Waals surface area contributed by atoms with E-state index in [4.69, 9.17) is 5.73 Å². The highest BCUT2D eigenvalue weighted by Crippen LogP contribution is 2.38. The van der Waals surface area contributed by atoms with Crippen LogP contribution in [-0.2, 0) is 0 Å². The highest BCUT2D eigenvalue weighted by molar-refractivity contribution is 5.06. The zero-order valence-corrected chi connectivity index (χ0v) is 8.27. The molecule has 0 aromatic carbocycles. The van der Waals surface area contributed by atoms with Crippen LogP contribution in [0.4, 0.5) is 0 Å². The van der Waals surface area contributed by atoms with Crippen LogP contribution in [0.1, 0.15) is 44.5 Å². The topological polar surface area (TPSA) is 43.8 Å². The first-order valence-electron chi connectivity index (χ1n) is 4.95. The van der Waals surface area contributed by atoms with Gasteiger partial charge in [0.25, 0.3) is 0 Å². The van der Waals surface area contributed by atoms with Gasteiger partial charge in [0, 0.05) is 18.3 Å². The zero-order valence-electron chi connectivity index (χ0n) is 8.27. The molecule has 2 N–H and O–H groups in total. The third kappa shape index (κ3) is 1.48. The Morgan fingerprint density at radius 2 is 2.31 bits per heavy atom. The molecule has 1 fully saturated rings. The second-order valence-corrected chi connectivity index (χ2v) is 4.24. The molecule has 0 saturated heterocycles. The zero-order chi connectivity index (χ0) is 9.42. The maximum atomic E-state index is 5.85. The van der Waals surface area contributed by atoms with E-state index in [1.54, 1.807) is 0 Å². The number of hydrogen-bond donors (Lipinski definition) is 1. The molecular weight excluding hydrogens is 162 g/mol. The lowest BCUT2D eigenvalue weighted by Gasteiger charge is -2.35. The van der Waals surface area contributed by atoms with Crippen LogP contribution in [-0.4, -0.2) is 9.55 Å². The lowest BCUT2D eigenvalue weighted by Crippen LogP contribution is -2.26. The average molecular weight is 179 g/mol. The molecule has 72 valence electrons. The maximum absolute atomic E-state index is 5.85. The third-order valence-corrected chi connectivity index (χ3v) is 2.90. The van der Waals surface area contributed by atoms with E-state index < -0.39 is 0 Å². The first-order valence-corrected chi connectivity index (χ1v) is 4.95. The summed E-state index contributed by atoms with van der Waals surface area (Å²) in [7, 11) is 0. The smallest absolute Gasteiger partial charge is 0.0951 e. The van der Waals surface area contributed by atoms with Gasteiger partial charge < -0.3 is 10.3 Å². The van der Waals surface area contributed by atoms with Crippen LogP contribution in [0.2, 0.25) is 0 Å². The van der Waals surface area contributed by atoms with E-state index in [1.165, 1.54) is 12.8 Å². The summed E-state index contributed by atoms with van der Waals surface area (Å²) in [5, 5.41) is 0. The van der Waals surface area contributed by atoms with Gasteiger partial charge in [-0.3, -0.25) is 0 Å². The molecule has 1 aliphatic rings. The minimum Gasteiger partial charge on any atom is -0.330 e. The van der Waals surface area contributed by atoms with Crippen LogP contribution in [0.5, 0.6) is 0 Å². The molecule has 0 amide bonds. The van der Waals surface area contributed by atoms with Gasteiger partial charge >= 0.3 is 0 Å². The molecule has 3 heteroatoms. The summed E-state index contributed by atoms with van der Waals surface area (Å²) in [6.07, 6.45) is 6.34. The Morgan fingerprint density at radius 1 is 1.62 bits per heavy atom. The van der Waals surface area contributed by atoms with Gasteiger partial charge in [-0.2, -0.15) is 0 Å². The molecule has 1 aliphatic carbocycles. The van der Waals surface area contributed by atoms with Gasteiger partial charge in [-0.15, -0.1) is 0 Å². The predicted octanol–water partition coefficient (Wildman–Crippen LogP) is 1.87. The number of nitrogens with zero attached hydrogens (tertiary/aromatic N) is 2. The SMILES string of the molecule is CC1CC(n2cncc2[C@@H](C)N)C1. The normalized spacial score (nSPS) is 29.8. The Kier molecular flexibility index (Phi) is 2.12. The van der Waals surface area contributed by atoms with Crippen molar-refractivity contribution in [2.45, 2.75) is 38.8 Å². The van der Waals surface area contributed by atoms with E-state index in [1.807, 2.05) is 19.4 Å². The predicted molar refractivity (Wildman–Crippen MR) is 52.3 cm³/mol. The highest BCUT2D eigenvalue weighted by atomic mass is 15.1. The van der Waals surface area contributed by atoms with Crippen molar-refractivity contribution < 1.29 is 0 Å². The first-order chi connectivity index (χ1) is 6.18. The fourth-order valence-corrected chi connectivity index (χ4v) is 2.06. The van der Waals surface area contributed by atoms with Crippen molar-refractivity contribution in [1.82, 2.24) is 9.55 Å². The molecule has 0 bridgehead atoms. The van der Waals surface area contributed by atoms with Crippen molar-refractivity contribution in [3.05, 3.63) is 18.2 Å². The molecule has 13 heavy (non-hydrogen) atoms. The number of nitrogens with two attached hydrogens (primary N) is 1. The summed E-state index contributed by atoms with van der Waals surface area (Å²) in [5.74, 6) is 0.869. The van der Waals surface area contributed by atoms with E-state index in [9.17, 15) is 0 Å². The molecule has 1 aromatic rings. The average Bonchev–Trinajstić information content (AvgIpc) is 2.45. The van der Waals surface area contributed by atoms with Crippen LogP contribution in [0, 0.1) is 5.92 Å². The monoisotopic (exact) mass is 179 g/mol. The fraction of sp³-hybridized carbons (Fsp3) is 0.700. The molecule has 1 saturated carbocycles. The van der Waals surface area contributed by atoms with E-state index in [0.717, 1.165) is 11.6 Å². The van der Waals surface area contributed by atoms with E-state index in [2.05, 4.69) is 16.5 Å². The fourth-order valence-electron chi connectivity index (χ4n) is 2.06. The van der Waals surface area contributed by atoms with Gasteiger partial charge in [0.2, 0.25) is 0 Å². The quantitative estimate of drug-likeness (QED) is 0.753. The number of aromatic nitrogens is 2. The largest absolute Gasteiger partial charge is 0.330 e. The minimum absolute atomic E-state index is 0.0957. The molecule has 0 unspecified atom stereocenters. The van der Waals surface area contributed by atoms with Crippen LogP contribution in [0.15, 0.2) is 12.5 Å². The summed E-state index contributed by atoms with van der Waals surface area (Å²) >= 11 is 0. The molecule has 0 radical (unpaired) electrons. The third-order valence-electron chi connectivity index (χ3n) is 2.90. The van der Waals surface area contributed by atoms with Crippen molar-refractivity contribution in [2.75, 3.05) is 0 Å². The second-order valence-electron chi connectivity index (χ2n) is 4.24. The standard InChI is InChI=1S/C10H17N3/c1-7-3-9(4-7)13-6-12-5-10(13)8(2)11/h5-9H,3-4,11H2,1-2H3/t7?,8-,9?/m1/s1. The first kappa shape index (κ1) is 8.75. The summed E-state index contributed by atoms with van der Waals surface area (Å²) in [6, 6.07) is 0.747. The summed E-state index contributed by atoms with van der Waals surface area (Å²) in [4.78, 5) is 4.15. The number of hydrogen-bond acceptors (Lipinski definition) is 2. The van der Waals surface area contributed by atoms with Gasteiger partial charge in [-0.25, -0.2) is 4.98 Å². The Labute approximate surface area is 79.0 Å². The maximum Gasteiger partial charge on any atom is 0.0951 e. The molecule has 2 rings (SSSR count). The molecule has 1 heterocycles. The minimum atomic E-state index is 0.0957. The lowest BCUT2D eigenvalue weighted by atomic mass is 9.81. The van der Waals surface area contributed by atoms with Crippen molar-refractivity contribution >= 4 is 0 Å². The van der Waals surface area contributed by atoms with Gasteiger partial charge in [-0.05, 0) is 25.7 Å². The molecule has 1 aromatic heterocycles. The Bertz CT molecular complexity index is 284. The van der Waals surface area contributed by atoms with Crippen LogP contribution >= 0.6 is 0 Å². The highest BCUT2D eigenvalue weighted by Gasteiger charge is 2.28. The van der Waals surface area contributed by atoms with Crippen molar-refractivity contribution in [3.8, 4) is 0 Å². The lowest BCUT2D eigenvalue weighted by molar-refractivity contribution is 0.210. The molecule has 0 aliphatic heterocycles. The Hall–Kier alpha value is -0.830. The molecule has 0 spiro atoms. The van der Waals surface area contributed by atoms with E-state index in [-0.39, 0.29) is 6.04 Å². The molecular formula is C10H17N3. The number of imidazole rings is 1. The van der Waals surface area contributed by atoms with Crippen LogP contribution in [0.25, 0.3) is 0 Å². The van der Waals surface area contributed by atoms with Crippen molar-refractivity contribution in [3.63, 3.8) is 0 Å². The summed E-state index contributed by atoms with van der Waals surface area (Å²) < 4.78 is 2.24. The van der Waals surface area contributed by atoms with Gasteiger partial charge in [0.05, 0.1) is 12.0 Å². The van der Waals surface area contributed by atoms with E-state index in [0.29, 0.717) is 6.04 Å². The Morgan fingerprint density at radius 3 is 2.85 bits per heavy atom. The van der Waals surface area contributed by atoms with Crippen LogP contribution < -0.4 is 5.73 Å². The van der Waals surface area contributed by atoms with Gasteiger partial charge in [0.15, 0.2) is 0 Å². The second kappa shape index (κ2) is 3.14. The number of rotatable bonds is 2. The van der Waals surface area contributed by atoms with Crippen molar-refractivity contribution in [2.24, 2.45) is 11.7 Å². The van der Waals surface area contributed by atoms with Gasteiger partial charge in [0.1, 0.15) is 0 Å². The Balaban J connectivity index is 2.16.